The monoisotopic (exact) mass is 779 g/mol. The van der Waals surface area contributed by atoms with Gasteiger partial charge in [0, 0.05) is 12.8 Å². The Morgan fingerprint density at radius 3 is 1.65 bits per heavy atom. The van der Waals surface area contributed by atoms with Gasteiger partial charge in [-0.1, -0.05) is 183 Å². The molecular formula is C44H75O9P. The number of carbonyl (C=O) groups excluding carboxylic acids is 2. The zero-order valence-corrected chi connectivity index (χ0v) is 34.6. The van der Waals surface area contributed by atoms with Crippen LogP contribution in [0.1, 0.15) is 168 Å². The predicted molar refractivity (Wildman–Crippen MR) is 222 cm³/mol. The van der Waals surface area contributed by atoms with Crippen molar-refractivity contribution in [1.29, 1.82) is 0 Å². The quantitative estimate of drug-likeness (QED) is 0.0185. The second-order valence-corrected chi connectivity index (χ2v) is 15.0. The van der Waals surface area contributed by atoms with Crippen LogP contribution >= 0.6 is 7.82 Å². The fourth-order valence-electron chi connectivity index (χ4n) is 5.48. The molecule has 0 bridgehead atoms. The molecule has 0 radical (unpaired) electrons. The molecule has 1 unspecified atom stereocenters. The lowest BCUT2D eigenvalue weighted by Gasteiger charge is -2.18. The van der Waals surface area contributed by atoms with Gasteiger partial charge in [-0.3, -0.25) is 14.1 Å². The summed E-state index contributed by atoms with van der Waals surface area (Å²) in [5.41, 5.74) is 0. The number of carbonyl (C=O) groups is 2. The minimum atomic E-state index is -4.80. The van der Waals surface area contributed by atoms with Crippen molar-refractivity contribution in [3.05, 3.63) is 72.9 Å². The molecule has 0 spiro atoms. The van der Waals surface area contributed by atoms with Gasteiger partial charge in [0.15, 0.2) is 6.10 Å². The van der Waals surface area contributed by atoms with Crippen molar-refractivity contribution in [2.75, 3.05) is 13.2 Å². The summed E-state index contributed by atoms with van der Waals surface area (Å²) in [6, 6.07) is 0. The number of aliphatic hydroxyl groups excluding tert-OH is 1. The van der Waals surface area contributed by atoms with E-state index in [-0.39, 0.29) is 19.4 Å². The summed E-state index contributed by atoms with van der Waals surface area (Å²) in [6.45, 7) is 3.42. The molecule has 0 aliphatic heterocycles. The van der Waals surface area contributed by atoms with Gasteiger partial charge in [0.05, 0.1) is 12.7 Å². The molecule has 0 fully saturated rings. The van der Waals surface area contributed by atoms with Crippen LogP contribution in [0.3, 0.4) is 0 Å². The average molecular weight is 779 g/mol. The van der Waals surface area contributed by atoms with E-state index in [2.05, 4.69) is 54.8 Å². The van der Waals surface area contributed by atoms with Gasteiger partial charge in [-0.25, -0.2) is 4.57 Å². The number of phosphoric acid groups is 1. The lowest BCUT2D eigenvalue weighted by Crippen LogP contribution is -2.29. The maximum Gasteiger partial charge on any atom is 0.469 e. The Hall–Kier alpha value is -2.55. The molecular weight excluding hydrogens is 703 g/mol. The number of ether oxygens (including phenoxy) is 2. The molecule has 0 saturated carbocycles. The topological polar surface area (TPSA) is 140 Å². The fourth-order valence-corrected chi connectivity index (χ4v) is 5.84. The number of phosphoric ester groups is 1. The van der Waals surface area contributed by atoms with Crippen molar-refractivity contribution in [3.63, 3.8) is 0 Å². The van der Waals surface area contributed by atoms with E-state index in [1.165, 1.54) is 77.0 Å². The van der Waals surface area contributed by atoms with Gasteiger partial charge in [-0.05, 0) is 44.9 Å². The van der Waals surface area contributed by atoms with Crippen LogP contribution in [0.5, 0.6) is 0 Å². The summed E-state index contributed by atoms with van der Waals surface area (Å²) in [7, 11) is -4.80. The molecule has 0 aliphatic carbocycles. The van der Waals surface area contributed by atoms with Crippen LogP contribution < -0.4 is 0 Å². The predicted octanol–water partition coefficient (Wildman–Crippen LogP) is 11.7. The minimum Gasteiger partial charge on any atom is -0.462 e. The van der Waals surface area contributed by atoms with E-state index in [9.17, 15) is 19.3 Å². The highest BCUT2D eigenvalue weighted by atomic mass is 31.2. The molecule has 0 amide bonds. The Balaban J connectivity index is 4.14. The molecule has 0 rings (SSSR count). The Bertz CT molecular complexity index is 1120. The van der Waals surface area contributed by atoms with Gasteiger partial charge in [0.2, 0.25) is 0 Å². The molecule has 0 saturated heterocycles. The van der Waals surface area contributed by atoms with E-state index in [4.69, 9.17) is 19.3 Å². The van der Waals surface area contributed by atoms with Crippen molar-refractivity contribution in [3.8, 4) is 0 Å². The number of esters is 2. The molecule has 0 aromatic carbocycles. The van der Waals surface area contributed by atoms with Gasteiger partial charge < -0.3 is 24.4 Å². The number of hydrogen-bond donors (Lipinski definition) is 3. The van der Waals surface area contributed by atoms with E-state index in [1.54, 1.807) is 18.2 Å². The van der Waals surface area contributed by atoms with Crippen molar-refractivity contribution >= 4 is 19.8 Å². The molecule has 310 valence electrons. The average Bonchev–Trinajstić information content (AvgIpc) is 3.14. The first-order valence-electron chi connectivity index (χ1n) is 20.8. The molecule has 0 aliphatic rings. The Labute approximate surface area is 328 Å². The lowest BCUT2D eigenvalue weighted by atomic mass is 10.0. The van der Waals surface area contributed by atoms with Crippen molar-refractivity contribution in [2.24, 2.45) is 0 Å². The second-order valence-electron chi connectivity index (χ2n) is 13.8. The van der Waals surface area contributed by atoms with Gasteiger partial charge in [0.25, 0.3) is 0 Å². The molecule has 9 nitrogen and oxygen atoms in total. The van der Waals surface area contributed by atoms with Gasteiger partial charge in [-0.2, -0.15) is 0 Å². The van der Waals surface area contributed by atoms with E-state index >= 15 is 0 Å². The second kappa shape index (κ2) is 38.7. The maximum absolute atomic E-state index is 12.4. The molecule has 0 heterocycles. The largest absolute Gasteiger partial charge is 0.469 e. The van der Waals surface area contributed by atoms with Crippen molar-refractivity contribution < 1.29 is 43.0 Å². The highest BCUT2D eigenvalue weighted by Gasteiger charge is 2.22. The first-order chi connectivity index (χ1) is 26.2. The summed E-state index contributed by atoms with van der Waals surface area (Å²) < 4.78 is 26.3. The van der Waals surface area contributed by atoms with Gasteiger partial charge in [0.1, 0.15) is 6.61 Å². The highest BCUT2D eigenvalue weighted by Crippen LogP contribution is 2.36. The zero-order chi connectivity index (χ0) is 39.8. The van der Waals surface area contributed by atoms with E-state index < -0.39 is 38.6 Å². The molecule has 2 atom stereocenters. The van der Waals surface area contributed by atoms with Crippen LogP contribution in [0.2, 0.25) is 0 Å². The molecule has 0 aromatic heterocycles. The van der Waals surface area contributed by atoms with Crippen LogP contribution in [-0.2, 0) is 28.2 Å². The van der Waals surface area contributed by atoms with Crippen LogP contribution in [0.25, 0.3) is 0 Å². The highest BCUT2D eigenvalue weighted by molar-refractivity contribution is 7.46. The van der Waals surface area contributed by atoms with Crippen molar-refractivity contribution in [2.45, 2.75) is 180 Å². The summed E-state index contributed by atoms with van der Waals surface area (Å²) in [6.07, 6.45) is 46.5. The molecule has 3 N–H and O–H groups in total. The third-order valence-electron chi connectivity index (χ3n) is 8.58. The number of aliphatic hydroxyl groups is 1. The van der Waals surface area contributed by atoms with Gasteiger partial charge >= 0.3 is 19.8 Å². The first-order valence-corrected chi connectivity index (χ1v) is 22.4. The summed E-state index contributed by atoms with van der Waals surface area (Å²) >= 11 is 0. The third-order valence-corrected chi connectivity index (χ3v) is 9.07. The normalized spacial score (nSPS) is 13.8. The van der Waals surface area contributed by atoms with E-state index in [0.717, 1.165) is 44.9 Å². The third kappa shape index (κ3) is 40.6. The maximum atomic E-state index is 12.4. The Kier molecular flexibility index (Phi) is 36.9. The lowest BCUT2D eigenvalue weighted by molar-refractivity contribution is -0.161. The number of hydrogen-bond acceptors (Lipinski definition) is 7. The zero-order valence-electron chi connectivity index (χ0n) is 33.7. The van der Waals surface area contributed by atoms with E-state index in [0.29, 0.717) is 19.3 Å². The first kappa shape index (κ1) is 51.5. The van der Waals surface area contributed by atoms with Crippen LogP contribution in [0.15, 0.2) is 72.9 Å². The molecule has 54 heavy (non-hydrogen) atoms. The Morgan fingerprint density at radius 2 is 1.11 bits per heavy atom. The number of unbranched alkanes of at least 4 members (excludes halogenated alkanes) is 15. The van der Waals surface area contributed by atoms with Gasteiger partial charge in [-0.15, -0.1) is 0 Å². The van der Waals surface area contributed by atoms with Crippen LogP contribution in [-0.4, -0.2) is 52.3 Å². The molecule has 0 aromatic rings. The minimum absolute atomic E-state index is 0.0591. The standard InChI is InChI=1S/C44H75O9P/c1-3-5-7-9-11-13-15-17-18-19-21-23-25-27-29-33-38-44(47)53-42(40-52-54(48,49)50)39-51-43(46)37-34-30-32-36-41(45)35-31-28-26-24-22-20-16-14-12-10-8-6-4-2/h6,8,12,14,20,22,26,28,30-32,35,41-42,45H,3-5,7,9-11,13,15-19,21,23-25,27,29,33-34,36-40H2,1-2H3,(H2,48,49,50)/b8-6-,14-12-,22-20-,28-26-,32-30-,35-31-/t41?,42-/m1/s1. The molecule has 10 heteroatoms. The fraction of sp³-hybridized carbons (Fsp3) is 0.682. The smallest absolute Gasteiger partial charge is 0.462 e. The van der Waals surface area contributed by atoms with E-state index in [1.807, 2.05) is 18.2 Å². The van der Waals surface area contributed by atoms with Crippen molar-refractivity contribution in [1.82, 2.24) is 0 Å². The van der Waals surface area contributed by atoms with Crippen LogP contribution in [0, 0.1) is 0 Å². The van der Waals surface area contributed by atoms with Crippen LogP contribution in [0.4, 0.5) is 0 Å². The summed E-state index contributed by atoms with van der Waals surface area (Å²) in [5.74, 6) is -1.07. The SMILES string of the molecule is CC/C=C\C/C=C\C/C=C\C/C=C\C=C/C(O)C/C=C\CCC(=O)OC[C@H](COP(=O)(O)O)OC(=O)CCCCCCCCCCCCCCCCCC. The summed E-state index contributed by atoms with van der Waals surface area (Å²) in [5, 5.41) is 10.1. The Morgan fingerprint density at radius 1 is 0.593 bits per heavy atom. The summed E-state index contributed by atoms with van der Waals surface area (Å²) in [4.78, 5) is 42.8. The number of allylic oxidation sites excluding steroid dienone is 10. The number of rotatable bonds is 37.